The van der Waals surface area contributed by atoms with Crippen LogP contribution in [-0.4, -0.2) is 37.8 Å². The smallest absolute Gasteiger partial charge is 0.162 e. The predicted octanol–water partition coefficient (Wildman–Crippen LogP) is 1.57. The molecule has 2 rings (SSSR count). The minimum Gasteiger partial charge on any atom is -0.390 e. The Kier molecular flexibility index (Phi) is 5.13. The van der Waals surface area contributed by atoms with Crippen LogP contribution in [0.15, 0.2) is 30.3 Å². The van der Waals surface area contributed by atoms with Gasteiger partial charge < -0.3 is 19.3 Å². The number of methoxy groups -OCH3 is 1. The molecule has 1 aromatic carbocycles. The highest BCUT2D eigenvalue weighted by atomic mass is 16.7. The molecule has 3 atom stereocenters. The number of rotatable bonds is 6. The highest BCUT2D eigenvalue weighted by molar-refractivity contribution is 5.13. The van der Waals surface area contributed by atoms with E-state index in [0.717, 1.165) is 12.0 Å². The van der Waals surface area contributed by atoms with E-state index in [0.29, 0.717) is 19.8 Å². The molecule has 4 heteroatoms. The third kappa shape index (κ3) is 3.53. The molecule has 1 saturated heterocycles. The van der Waals surface area contributed by atoms with Crippen molar-refractivity contribution >= 4 is 0 Å². The summed E-state index contributed by atoms with van der Waals surface area (Å²) in [6, 6.07) is 10.0. The lowest BCUT2D eigenvalue weighted by atomic mass is 10.0. The topological polar surface area (TPSA) is 47.9 Å². The van der Waals surface area contributed by atoms with Gasteiger partial charge in [0.05, 0.1) is 19.3 Å². The second kappa shape index (κ2) is 6.85. The molecule has 18 heavy (non-hydrogen) atoms. The Labute approximate surface area is 107 Å². The zero-order valence-corrected chi connectivity index (χ0v) is 10.6. The number of ether oxygens (including phenoxy) is 3. The minimum atomic E-state index is -0.449. The van der Waals surface area contributed by atoms with Crippen molar-refractivity contribution in [3.05, 3.63) is 35.9 Å². The maximum Gasteiger partial charge on any atom is 0.162 e. The van der Waals surface area contributed by atoms with Gasteiger partial charge in [-0.1, -0.05) is 30.3 Å². The molecule has 1 heterocycles. The van der Waals surface area contributed by atoms with Crippen LogP contribution < -0.4 is 0 Å². The molecule has 0 spiro atoms. The predicted molar refractivity (Wildman–Crippen MR) is 67.0 cm³/mol. The average Bonchev–Trinajstić information content (AvgIpc) is 2.77. The van der Waals surface area contributed by atoms with E-state index < -0.39 is 6.10 Å². The molecule has 1 fully saturated rings. The van der Waals surface area contributed by atoms with Crippen molar-refractivity contribution in [2.75, 3.05) is 20.3 Å². The van der Waals surface area contributed by atoms with Gasteiger partial charge in [-0.25, -0.2) is 0 Å². The zero-order valence-electron chi connectivity index (χ0n) is 10.6. The summed E-state index contributed by atoms with van der Waals surface area (Å²) in [5.74, 6) is 0.00535. The monoisotopic (exact) mass is 252 g/mol. The van der Waals surface area contributed by atoms with Gasteiger partial charge in [-0.15, -0.1) is 0 Å². The molecule has 0 bridgehead atoms. The van der Waals surface area contributed by atoms with Crippen LogP contribution in [0.1, 0.15) is 12.0 Å². The molecule has 1 aliphatic rings. The third-order valence-electron chi connectivity index (χ3n) is 3.21. The number of aliphatic hydroxyl groups excluding tert-OH is 1. The highest BCUT2D eigenvalue weighted by Gasteiger charge is 2.35. The maximum atomic E-state index is 9.75. The molecule has 0 saturated carbocycles. The van der Waals surface area contributed by atoms with Crippen molar-refractivity contribution in [2.24, 2.45) is 5.92 Å². The normalized spacial score (nSPS) is 27.6. The van der Waals surface area contributed by atoms with Crippen LogP contribution in [0.2, 0.25) is 0 Å². The molecule has 0 aromatic heterocycles. The van der Waals surface area contributed by atoms with Crippen molar-refractivity contribution < 1.29 is 19.3 Å². The van der Waals surface area contributed by atoms with Crippen molar-refractivity contribution in [1.82, 2.24) is 0 Å². The average molecular weight is 252 g/mol. The van der Waals surface area contributed by atoms with Gasteiger partial charge >= 0.3 is 0 Å². The van der Waals surface area contributed by atoms with Crippen LogP contribution >= 0.6 is 0 Å². The summed E-state index contributed by atoms with van der Waals surface area (Å²) in [6.45, 7) is 1.55. The van der Waals surface area contributed by atoms with E-state index in [1.54, 1.807) is 7.11 Å². The standard InChI is InChI=1S/C14H20O4/c1-16-14-12(13(15)10-18-14)7-8-17-9-11-5-3-2-4-6-11/h2-6,12-15H,7-10H2,1H3/t12-,13-,14?/m0/s1. The second-order valence-electron chi connectivity index (χ2n) is 4.50. The molecule has 1 N–H and O–H groups in total. The summed E-state index contributed by atoms with van der Waals surface area (Å²) < 4.78 is 16.1. The molecule has 4 nitrogen and oxygen atoms in total. The Hall–Kier alpha value is -0.940. The first-order valence-corrected chi connectivity index (χ1v) is 6.25. The van der Waals surface area contributed by atoms with Crippen LogP contribution in [0.3, 0.4) is 0 Å². The van der Waals surface area contributed by atoms with E-state index in [1.165, 1.54) is 0 Å². The molecular weight excluding hydrogens is 232 g/mol. The van der Waals surface area contributed by atoms with Crippen LogP contribution in [0, 0.1) is 5.92 Å². The van der Waals surface area contributed by atoms with Crippen molar-refractivity contribution in [2.45, 2.75) is 25.4 Å². The first-order chi connectivity index (χ1) is 8.81. The van der Waals surface area contributed by atoms with E-state index in [1.807, 2.05) is 30.3 Å². The number of hydrogen-bond acceptors (Lipinski definition) is 4. The van der Waals surface area contributed by atoms with E-state index in [4.69, 9.17) is 14.2 Å². The van der Waals surface area contributed by atoms with E-state index in [9.17, 15) is 5.11 Å². The fourth-order valence-electron chi connectivity index (χ4n) is 2.18. The summed E-state index contributed by atoms with van der Waals surface area (Å²) in [5.41, 5.74) is 1.16. The molecule has 1 aromatic rings. The number of benzene rings is 1. The Balaban J connectivity index is 1.69. The van der Waals surface area contributed by atoms with E-state index >= 15 is 0 Å². The van der Waals surface area contributed by atoms with Crippen LogP contribution in [0.5, 0.6) is 0 Å². The Morgan fingerprint density at radius 2 is 2.11 bits per heavy atom. The fourth-order valence-corrected chi connectivity index (χ4v) is 2.18. The first-order valence-electron chi connectivity index (χ1n) is 6.25. The van der Waals surface area contributed by atoms with Crippen molar-refractivity contribution in [3.63, 3.8) is 0 Å². The molecule has 1 unspecified atom stereocenters. The molecule has 0 aliphatic carbocycles. The van der Waals surface area contributed by atoms with Gasteiger partial charge in [0.2, 0.25) is 0 Å². The number of hydrogen-bond donors (Lipinski definition) is 1. The quantitative estimate of drug-likeness (QED) is 0.781. The second-order valence-corrected chi connectivity index (χ2v) is 4.50. The molecule has 0 amide bonds. The van der Waals surface area contributed by atoms with Gasteiger partial charge in [-0.05, 0) is 12.0 Å². The molecule has 100 valence electrons. The minimum absolute atomic E-state index is 0.00535. The van der Waals surface area contributed by atoms with Gasteiger partial charge in [0, 0.05) is 19.6 Å². The lowest BCUT2D eigenvalue weighted by Crippen LogP contribution is -2.26. The SMILES string of the molecule is COC1OC[C@H](O)[C@@H]1CCOCc1ccccc1. The number of aliphatic hydroxyl groups is 1. The summed E-state index contributed by atoms with van der Waals surface area (Å²) in [6.07, 6.45) is -0.0115. The van der Waals surface area contributed by atoms with Crippen molar-refractivity contribution in [1.29, 1.82) is 0 Å². The van der Waals surface area contributed by atoms with E-state index in [-0.39, 0.29) is 12.2 Å². The van der Waals surface area contributed by atoms with Gasteiger partial charge in [-0.3, -0.25) is 0 Å². The summed E-state index contributed by atoms with van der Waals surface area (Å²) in [4.78, 5) is 0. The lowest BCUT2D eigenvalue weighted by Gasteiger charge is -2.18. The van der Waals surface area contributed by atoms with Crippen LogP contribution in [0.4, 0.5) is 0 Å². The van der Waals surface area contributed by atoms with Gasteiger partial charge in [0.1, 0.15) is 0 Å². The first kappa shape index (κ1) is 13.5. The van der Waals surface area contributed by atoms with Crippen molar-refractivity contribution in [3.8, 4) is 0 Å². The summed E-state index contributed by atoms with van der Waals surface area (Å²) in [7, 11) is 1.60. The van der Waals surface area contributed by atoms with Gasteiger partial charge in [0.15, 0.2) is 6.29 Å². The third-order valence-corrected chi connectivity index (χ3v) is 3.21. The molecule has 0 radical (unpaired) electrons. The molecule has 1 aliphatic heterocycles. The molecular formula is C14H20O4. The highest BCUT2D eigenvalue weighted by Crippen LogP contribution is 2.25. The lowest BCUT2D eigenvalue weighted by molar-refractivity contribution is -0.114. The van der Waals surface area contributed by atoms with Gasteiger partial charge in [0.25, 0.3) is 0 Å². The van der Waals surface area contributed by atoms with E-state index in [2.05, 4.69) is 0 Å². The summed E-state index contributed by atoms with van der Waals surface area (Å²) in [5, 5.41) is 9.75. The Bertz CT molecular complexity index is 341. The largest absolute Gasteiger partial charge is 0.390 e. The Morgan fingerprint density at radius 3 is 2.83 bits per heavy atom. The van der Waals surface area contributed by atoms with Crippen LogP contribution in [-0.2, 0) is 20.8 Å². The summed E-state index contributed by atoms with van der Waals surface area (Å²) >= 11 is 0. The Morgan fingerprint density at radius 1 is 1.33 bits per heavy atom. The van der Waals surface area contributed by atoms with Crippen LogP contribution in [0.25, 0.3) is 0 Å². The fraction of sp³-hybridized carbons (Fsp3) is 0.571. The van der Waals surface area contributed by atoms with Gasteiger partial charge in [-0.2, -0.15) is 0 Å². The maximum absolute atomic E-state index is 9.75. The zero-order chi connectivity index (χ0) is 12.8.